The number of rotatable bonds is 4. The smallest absolute Gasteiger partial charge is 0.503 e. The average Bonchev–Trinajstić information content (AvgIpc) is 3.94. The van der Waals surface area contributed by atoms with Crippen LogP contribution in [0.3, 0.4) is 0 Å². The molecule has 0 fully saturated rings. The Labute approximate surface area is 368 Å². The molecule has 1 aliphatic rings. The maximum atomic E-state index is 6.73. The Kier molecular flexibility index (Phi) is 7.98. The summed E-state index contributed by atoms with van der Waals surface area (Å²) in [5.74, 6) is 2.05. The van der Waals surface area contributed by atoms with Gasteiger partial charge in [-0.15, -0.1) is 29.7 Å². The Balaban J connectivity index is 0.00000420. The molecule has 6 heterocycles. The summed E-state index contributed by atoms with van der Waals surface area (Å²) < 4.78 is 13.7. The average molecular weight is 973 g/mol. The summed E-state index contributed by atoms with van der Waals surface area (Å²) in [5, 5.41) is 7.91. The number of fused-ring (bicyclic) bond motifs is 9. The van der Waals surface area contributed by atoms with E-state index in [-0.39, 0.29) is 37.3 Å². The van der Waals surface area contributed by atoms with Crippen LogP contribution in [0.5, 0.6) is 11.5 Å². The van der Waals surface area contributed by atoms with Crippen molar-refractivity contribution in [3.8, 4) is 23.0 Å². The first kappa shape index (κ1) is 37.7. The van der Waals surface area contributed by atoms with E-state index in [1.54, 1.807) is 0 Å². The molecule has 1 aliphatic heterocycles. The van der Waals surface area contributed by atoms with Crippen molar-refractivity contribution in [3.63, 3.8) is 0 Å². The third-order valence-electron chi connectivity index (χ3n) is 13.9. The molecule has 0 atom stereocenters. The van der Waals surface area contributed by atoms with Gasteiger partial charge in [0.1, 0.15) is 5.82 Å². The summed E-state index contributed by atoms with van der Waals surface area (Å²) in [6, 6.07) is 50.8. The molecule has 0 amide bonds. The minimum atomic E-state index is -0.135. The first-order valence-corrected chi connectivity index (χ1v) is 20.8. The standard InChI is InChI=1S/C54H43N5O.Pt/c1-52(2,3)32-25-26-55-49(27-32)58-46-24-19-33(57-44-17-10-8-13-37(44)38-14-9-11-18-45(38)57)28-41(46)39-23-21-35(30-47(39)58)60-34-20-22-36-40-15-12-16-43-50(40)59-48(54(6,7)53(43,4)5)31-56-51(59)42(36)29-34;/h8-28,31H,1-7H3;/q-2;+2. The van der Waals surface area contributed by atoms with Gasteiger partial charge >= 0.3 is 21.1 Å². The minimum Gasteiger partial charge on any atom is -0.503 e. The van der Waals surface area contributed by atoms with Gasteiger partial charge in [-0.05, 0) is 69.8 Å². The largest absolute Gasteiger partial charge is 2.00 e. The molecule has 6 nitrogen and oxygen atoms in total. The molecule has 0 N–H and O–H groups in total. The Morgan fingerprint density at radius 2 is 1.26 bits per heavy atom. The van der Waals surface area contributed by atoms with Crippen molar-refractivity contribution < 1.29 is 25.8 Å². The summed E-state index contributed by atoms with van der Waals surface area (Å²) in [7, 11) is 0. The molecule has 61 heavy (non-hydrogen) atoms. The molecular weight excluding hydrogens is 930 g/mol. The summed E-state index contributed by atoms with van der Waals surface area (Å²) in [4.78, 5) is 10.0. The number of pyridine rings is 2. The second-order valence-electron chi connectivity index (χ2n) is 18.6. The number of imidazole rings is 1. The van der Waals surface area contributed by atoms with E-state index in [1.165, 1.54) is 49.5 Å². The number of nitrogens with zero attached hydrogens (tertiary/aromatic N) is 5. The Hall–Kier alpha value is -6.23. The third kappa shape index (κ3) is 5.18. The van der Waals surface area contributed by atoms with Crippen molar-refractivity contribution in [2.45, 2.75) is 64.7 Å². The molecule has 12 rings (SSSR count). The van der Waals surface area contributed by atoms with E-state index >= 15 is 0 Å². The normalized spacial score (nSPS) is 14.6. The van der Waals surface area contributed by atoms with Crippen molar-refractivity contribution in [2.75, 3.05) is 0 Å². The fourth-order valence-corrected chi connectivity index (χ4v) is 9.97. The van der Waals surface area contributed by atoms with Gasteiger partial charge in [0.2, 0.25) is 0 Å². The first-order valence-electron chi connectivity index (χ1n) is 20.8. The fourth-order valence-electron chi connectivity index (χ4n) is 9.97. The fraction of sp³-hybridized carbons (Fsp3) is 0.185. The summed E-state index contributed by atoms with van der Waals surface area (Å²) in [6.07, 6.45) is 3.98. The predicted octanol–water partition coefficient (Wildman–Crippen LogP) is 13.5. The van der Waals surface area contributed by atoms with Crippen LogP contribution in [-0.2, 0) is 37.3 Å². The molecule has 0 saturated carbocycles. The van der Waals surface area contributed by atoms with Crippen LogP contribution in [-0.4, -0.2) is 23.5 Å². The van der Waals surface area contributed by atoms with Crippen LogP contribution in [0.15, 0.2) is 134 Å². The van der Waals surface area contributed by atoms with Gasteiger partial charge in [-0.3, -0.25) is 4.98 Å². The van der Waals surface area contributed by atoms with E-state index < -0.39 is 0 Å². The first-order chi connectivity index (χ1) is 28.9. The van der Waals surface area contributed by atoms with E-state index in [0.717, 1.165) is 49.7 Å². The zero-order valence-electron chi connectivity index (χ0n) is 35.2. The third-order valence-corrected chi connectivity index (χ3v) is 13.9. The van der Waals surface area contributed by atoms with E-state index in [9.17, 15) is 0 Å². The molecule has 11 aromatic rings. The molecule has 5 aromatic heterocycles. The number of aromatic nitrogens is 5. The Morgan fingerprint density at radius 3 is 2.00 bits per heavy atom. The number of hydrogen-bond donors (Lipinski definition) is 0. The van der Waals surface area contributed by atoms with Crippen LogP contribution in [0.4, 0.5) is 0 Å². The molecule has 300 valence electrons. The number of benzene rings is 6. The van der Waals surface area contributed by atoms with Gasteiger partial charge in [0.05, 0.1) is 16.7 Å². The van der Waals surface area contributed by atoms with Crippen molar-refractivity contribution >= 4 is 70.9 Å². The van der Waals surface area contributed by atoms with Gasteiger partial charge in [0.25, 0.3) is 0 Å². The predicted molar refractivity (Wildman–Crippen MR) is 246 cm³/mol. The zero-order valence-corrected chi connectivity index (χ0v) is 37.4. The second-order valence-corrected chi connectivity index (χ2v) is 18.6. The van der Waals surface area contributed by atoms with Crippen molar-refractivity contribution in [2.24, 2.45) is 0 Å². The van der Waals surface area contributed by atoms with Gasteiger partial charge in [0.15, 0.2) is 0 Å². The molecule has 0 unspecified atom stereocenters. The van der Waals surface area contributed by atoms with Crippen LogP contribution in [0.25, 0.3) is 82.4 Å². The van der Waals surface area contributed by atoms with Gasteiger partial charge in [-0.2, -0.15) is 6.07 Å². The van der Waals surface area contributed by atoms with Crippen molar-refractivity contribution in [3.05, 3.63) is 163 Å². The van der Waals surface area contributed by atoms with Crippen molar-refractivity contribution in [1.29, 1.82) is 0 Å². The number of ether oxygens (including phenoxy) is 1. The van der Waals surface area contributed by atoms with E-state index in [2.05, 4.69) is 190 Å². The van der Waals surface area contributed by atoms with Gasteiger partial charge in [-0.1, -0.05) is 125 Å². The molecule has 0 aliphatic carbocycles. The second kappa shape index (κ2) is 12.9. The summed E-state index contributed by atoms with van der Waals surface area (Å²) in [6.45, 7) is 16.1. The van der Waals surface area contributed by atoms with E-state index in [0.29, 0.717) is 11.5 Å². The van der Waals surface area contributed by atoms with Gasteiger partial charge in [-0.25, -0.2) is 4.98 Å². The van der Waals surface area contributed by atoms with Crippen molar-refractivity contribution in [1.82, 2.24) is 23.5 Å². The van der Waals surface area contributed by atoms with Crippen LogP contribution < -0.4 is 4.74 Å². The zero-order chi connectivity index (χ0) is 40.9. The maximum Gasteiger partial charge on any atom is 2.00 e. The van der Waals surface area contributed by atoms with Gasteiger partial charge in [0, 0.05) is 67.9 Å². The quantitative estimate of drug-likeness (QED) is 0.130. The van der Waals surface area contributed by atoms with Gasteiger partial charge < -0.3 is 18.3 Å². The SMILES string of the molecule is CC(C)(C)c1ccnc(-n2c3[c-]c(Oc4[c-]c5c(cc4)c4cccc6c4n4c(cnc54)C(C)(C)C6(C)C)ccc3c3cc(-n4c5ccccc5c5ccccc54)ccc32)c1.[Pt+2]. The molecule has 6 aromatic carbocycles. The summed E-state index contributed by atoms with van der Waals surface area (Å²) >= 11 is 0. The number of para-hydroxylation sites is 3. The van der Waals surface area contributed by atoms with Crippen LogP contribution in [0.1, 0.15) is 65.3 Å². The Morgan fingerprint density at radius 1 is 0.590 bits per heavy atom. The van der Waals surface area contributed by atoms with E-state index in [1.807, 2.05) is 18.3 Å². The monoisotopic (exact) mass is 972 g/mol. The molecule has 0 radical (unpaired) electrons. The van der Waals surface area contributed by atoms with Crippen LogP contribution >= 0.6 is 0 Å². The van der Waals surface area contributed by atoms with Crippen LogP contribution in [0, 0.1) is 12.1 Å². The molecule has 0 saturated heterocycles. The number of hydrogen-bond acceptors (Lipinski definition) is 3. The molecule has 0 bridgehead atoms. The summed E-state index contributed by atoms with van der Waals surface area (Å²) in [5.41, 5.74) is 11.0. The Bertz CT molecular complexity index is 3580. The topological polar surface area (TPSA) is 49.3 Å². The molecule has 0 spiro atoms. The minimum absolute atomic E-state index is 0. The molecule has 7 heteroatoms. The van der Waals surface area contributed by atoms with E-state index in [4.69, 9.17) is 14.7 Å². The van der Waals surface area contributed by atoms with Crippen LogP contribution in [0.2, 0.25) is 0 Å². The maximum absolute atomic E-state index is 6.73. The molecular formula is C54H43N5OPt.